The maximum Gasteiger partial charge on any atom is 0.326 e. The van der Waals surface area contributed by atoms with Gasteiger partial charge >= 0.3 is 5.69 Å². The molecule has 3 heterocycles. The number of imidazole rings is 1. The third-order valence-corrected chi connectivity index (χ3v) is 6.70. The Morgan fingerprint density at radius 1 is 1.06 bits per heavy atom. The fourth-order valence-electron chi connectivity index (χ4n) is 5.05. The van der Waals surface area contributed by atoms with E-state index in [-0.39, 0.29) is 35.9 Å². The Bertz CT molecular complexity index is 1220. The molecule has 1 N–H and O–H groups in total. The van der Waals surface area contributed by atoms with Crippen LogP contribution in [0.4, 0.5) is 5.69 Å². The Labute approximate surface area is 191 Å². The lowest BCUT2D eigenvalue weighted by Gasteiger charge is -2.34. The van der Waals surface area contributed by atoms with Gasteiger partial charge in [0.2, 0.25) is 11.8 Å². The molecule has 0 radical (unpaired) electrons. The molecule has 0 spiro atoms. The van der Waals surface area contributed by atoms with Crippen LogP contribution in [-0.4, -0.2) is 52.5 Å². The minimum absolute atomic E-state index is 0.0292. The van der Waals surface area contributed by atoms with Gasteiger partial charge in [-0.3, -0.25) is 14.2 Å². The third-order valence-electron chi connectivity index (χ3n) is 6.70. The predicted octanol–water partition coefficient (Wildman–Crippen LogP) is 2.94. The summed E-state index contributed by atoms with van der Waals surface area (Å²) in [5, 5.41) is 0. The van der Waals surface area contributed by atoms with Crippen molar-refractivity contribution < 1.29 is 14.3 Å². The number of hydrogen-bond donors (Lipinski definition) is 1. The molecule has 172 valence electrons. The number of anilines is 1. The van der Waals surface area contributed by atoms with E-state index in [2.05, 4.69) is 4.98 Å². The predicted molar refractivity (Wildman–Crippen MR) is 125 cm³/mol. The fourth-order valence-corrected chi connectivity index (χ4v) is 5.05. The molecule has 33 heavy (non-hydrogen) atoms. The molecule has 2 aromatic carbocycles. The summed E-state index contributed by atoms with van der Waals surface area (Å²) in [5.74, 6) is 0.424. The molecular weight excluding hydrogens is 420 g/mol. The number of nitrogens with one attached hydrogen (secondary N) is 1. The van der Waals surface area contributed by atoms with Crippen LogP contribution in [0.25, 0.3) is 11.0 Å². The van der Waals surface area contributed by atoms with Crippen LogP contribution in [-0.2, 0) is 9.59 Å². The molecule has 1 aromatic heterocycles. The number of piperidine rings is 1. The quantitative estimate of drug-likeness (QED) is 0.650. The van der Waals surface area contributed by atoms with E-state index < -0.39 is 0 Å². The monoisotopic (exact) mass is 448 g/mol. The number of amides is 2. The topological polar surface area (TPSA) is 87.6 Å². The largest absolute Gasteiger partial charge is 0.494 e. The van der Waals surface area contributed by atoms with E-state index in [0.717, 1.165) is 35.3 Å². The summed E-state index contributed by atoms with van der Waals surface area (Å²) >= 11 is 0. The lowest BCUT2D eigenvalue weighted by atomic mass is 10.0. The number of carbonyl (C=O) groups is 2. The van der Waals surface area contributed by atoms with Gasteiger partial charge in [0.15, 0.2) is 0 Å². The van der Waals surface area contributed by atoms with Crippen molar-refractivity contribution in [1.29, 1.82) is 0 Å². The lowest BCUT2D eigenvalue weighted by Crippen LogP contribution is -2.43. The molecular formula is C25H28N4O4. The van der Waals surface area contributed by atoms with Gasteiger partial charge in [-0.15, -0.1) is 0 Å². The molecule has 0 aliphatic carbocycles. The molecule has 5 rings (SSSR count). The molecule has 2 fully saturated rings. The van der Waals surface area contributed by atoms with E-state index >= 15 is 0 Å². The van der Waals surface area contributed by atoms with E-state index in [4.69, 9.17) is 4.74 Å². The molecule has 2 amide bonds. The highest BCUT2D eigenvalue weighted by atomic mass is 16.5. The van der Waals surface area contributed by atoms with Crippen molar-refractivity contribution >= 4 is 28.5 Å². The molecule has 3 aromatic rings. The number of aromatic nitrogens is 2. The highest BCUT2D eigenvalue weighted by molar-refractivity contribution is 6.00. The van der Waals surface area contributed by atoms with Gasteiger partial charge in [0.25, 0.3) is 0 Å². The lowest BCUT2D eigenvalue weighted by molar-refractivity contribution is -0.137. The minimum Gasteiger partial charge on any atom is -0.494 e. The number of hydrogen-bond acceptors (Lipinski definition) is 4. The number of aromatic amines is 1. The smallest absolute Gasteiger partial charge is 0.326 e. The zero-order valence-electron chi connectivity index (χ0n) is 18.7. The van der Waals surface area contributed by atoms with E-state index in [1.807, 2.05) is 64.9 Å². The van der Waals surface area contributed by atoms with Crippen molar-refractivity contribution in [3.05, 3.63) is 59.0 Å². The van der Waals surface area contributed by atoms with Crippen LogP contribution in [0.1, 0.15) is 32.2 Å². The average Bonchev–Trinajstić information content (AvgIpc) is 3.38. The molecule has 1 atom stereocenters. The number of nitrogens with zero attached hydrogens (tertiary/aromatic N) is 3. The Kier molecular flexibility index (Phi) is 5.66. The minimum atomic E-state index is -0.337. The Hall–Kier alpha value is -3.55. The van der Waals surface area contributed by atoms with Crippen LogP contribution in [0, 0.1) is 5.92 Å². The normalized spacial score (nSPS) is 19.4. The summed E-state index contributed by atoms with van der Waals surface area (Å²) in [6.45, 7) is 4.08. The summed E-state index contributed by atoms with van der Waals surface area (Å²) in [4.78, 5) is 44.8. The van der Waals surface area contributed by atoms with Crippen LogP contribution < -0.4 is 15.3 Å². The summed E-state index contributed by atoms with van der Waals surface area (Å²) in [5.41, 5.74) is 2.42. The molecule has 2 aliphatic heterocycles. The van der Waals surface area contributed by atoms with E-state index in [1.54, 1.807) is 4.90 Å². The van der Waals surface area contributed by atoms with Gasteiger partial charge in [0.05, 0.1) is 23.6 Å². The summed E-state index contributed by atoms with van der Waals surface area (Å²) in [7, 11) is 0. The first kappa shape index (κ1) is 21.3. The number of likely N-dealkylation sites (tertiary alicyclic amines) is 1. The number of para-hydroxylation sites is 2. The number of fused-ring (bicyclic) bond motifs is 1. The fraction of sp³-hybridized carbons (Fsp3) is 0.400. The van der Waals surface area contributed by atoms with Crippen molar-refractivity contribution in [1.82, 2.24) is 14.5 Å². The number of carbonyl (C=O) groups excluding carboxylic acids is 2. The molecule has 2 saturated heterocycles. The number of H-pyrrole nitrogens is 1. The van der Waals surface area contributed by atoms with Crippen LogP contribution >= 0.6 is 0 Å². The first-order valence-electron chi connectivity index (χ1n) is 11.6. The Balaban J connectivity index is 1.22. The van der Waals surface area contributed by atoms with E-state index in [1.165, 1.54) is 0 Å². The maximum absolute atomic E-state index is 13.2. The molecule has 2 aliphatic rings. The van der Waals surface area contributed by atoms with Crippen LogP contribution in [0.15, 0.2) is 53.3 Å². The molecule has 0 unspecified atom stereocenters. The highest BCUT2D eigenvalue weighted by Crippen LogP contribution is 2.30. The summed E-state index contributed by atoms with van der Waals surface area (Å²) < 4.78 is 7.29. The van der Waals surface area contributed by atoms with Gasteiger partial charge in [-0.25, -0.2) is 4.79 Å². The second kappa shape index (κ2) is 8.77. The molecule has 8 nitrogen and oxygen atoms in total. The van der Waals surface area contributed by atoms with Gasteiger partial charge in [-0.2, -0.15) is 0 Å². The van der Waals surface area contributed by atoms with Crippen LogP contribution in [0.2, 0.25) is 0 Å². The maximum atomic E-state index is 13.2. The van der Waals surface area contributed by atoms with Gasteiger partial charge in [-0.05, 0) is 56.2 Å². The number of ether oxygens (including phenoxy) is 1. The number of benzene rings is 2. The van der Waals surface area contributed by atoms with Crippen LogP contribution in [0.3, 0.4) is 0 Å². The Morgan fingerprint density at radius 3 is 2.52 bits per heavy atom. The SMILES string of the molecule is CCOc1ccc(N2C[C@H](C(=O)N3CCC(n4c(=O)[nH]c5ccccc54)CC3)CC2=O)cc1. The van der Waals surface area contributed by atoms with Crippen LogP contribution in [0.5, 0.6) is 5.75 Å². The van der Waals surface area contributed by atoms with Crippen molar-refractivity contribution in [3.63, 3.8) is 0 Å². The third kappa shape index (κ3) is 4.01. The van der Waals surface area contributed by atoms with Gasteiger partial charge < -0.3 is 19.5 Å². The molecule has 0 saturated carbocycles. The van der Waals surface area contributed by atoms with Crippen molar-refractivity contribution in [2.45, 2.75) is 32.2 Å². The summed E-state index contributed by atoms with van der Waals surface area (Å²) in [6.07, 6.45) is 1.67. The zero-order valence-corrected chi connectivity index (χ0v) is 18.7. The first-order valence-corrected chi connectivity index (χ1v) is 11.6. The van der Waals surface area contributed by atoms with Gasteiger partial charge in [0.1, 0.15) is 5.75 Å². The Morgan fingerprint density at radius 2 is 1.79 bits per heavy atom. The van der Waals surface area contributed by atoms with E-state index in [0.29, 0.717) is 26.2 Å². The highest BCUT2D eigenvalue weighted by Gasteiger charge is 2.38. The second-order valence-corrected chi connectivity index (χ2v) is 8.71. The average molecular weight is 449 g/mol. The van der Waals surface area contributed by atoms with Gasteiger partial charge in [-0.1, -0.05) is 12.1 Å². The second-order valence-electron chi connectivity index (χ2n) is 8.71. The standard InChI is InChI=1S/C25H28N4O4/c1-2-33-20-9-7-18(8-10-20)28-16-17(15-23(28)30)24(31)27-13-11-19(12-14-27)29-22-6-4-3-5-21(22)26-25(29)32/h3-10,17,19H,2,11-16H2,1H3,(H,26,32)/t17-/m1/s1. The molecule has 8 heteroatoms. The zero-order chi connectivity index (χ0) is 22.9. The van der Waals surface area contributed by atoms with Gasteiger partial charge in [0, 0.05) is 37.8 Å². The van der Waals surface area contributed by atoms with Crippen molar-refractivity contribution in [2.75, 3.05) is 31.1 Å². The number of rotatable bonds is 5. The first-order chi connectivity index (χ1) is 16.0. The van der Waals surface area contributed by atoms with Crippen molar-refractivity contribution in [2.24, 2.45) is 5.92 Å². The van der Waals surface area contributed by atoms with Crippen molar-refractivity contribution in [3.8, 4) is 5.75 Å². The molecule has 0 bridgehead atoms. The summed E-state index contributed by atoms with van der Waals surface area (Å²) in [6, 6.07) is 15.2. The van der Waals surface area contributed by atoms with E-state index in [9.17, 15) is 14.4 Å².